The lowest BCUT2D eigenvalue weighted by Gasteiger charge is -2.34. The Morgan fingerprint density at radius 3 is 2.48 bits per heavy atom. The van der Waals surface area contributed by atoms with Gasteiger partial charge in [0.15, 0.2) is 0 Å². The molecule has 8 heteroatoms. The second-order valence-electron chi connectivity index (χ2n) is 6.31. The Labute approximate surface area is 150 Å². The normalized spacial score (nSPS) is 18.5. The molecule has 1 heterocycles. The molecule has 3 amide bonds. The Bertz CT molecular complexity index is 697. The summed E-state index contributed by atoms with van der Waals surface area (Å²) in [6.45, 7) is 1.89. The first-order valence-corrected chi connectivity index (χ1v) is 8.52. The minimum absolute atomic E-state index is 0.170. The maximum atomic E-state index is 12.8. The summed E-state index contributed by atoms with van der Waals surface area (Å²) in [4.78, 5) is 39.7. The fourth-order valence-electron chi connectivity index (χ4n) is 3.02. The van der Waals surface area contributed by atoms with Crippen molar-refractivity contribution in [1.82, 2.24) is 9.80 Å². The fraction of sp³-hybridized carbons (Fsp3) is 0.471. The summed E-state index contributed by atoms with van der Waals surface area (Å²) >= 11 is 5.98. The van der Waals surface area contributed by atoms with Gasteiger partial charge in [-0.2, -0.15) is 0 Å². The van der Waals surface area contributed by atoms with Gasteiger partial charge in [-0.25, -0.2) is 0 Å². The summed E-state index contributed by atoms with van der Waals surface area (Å²) in [6, 6.07) is 4.93. The maximum absolute atomic E-state index is 12.8. The highest BCUT2D eigenvalue weighted by atomic mass is 35.5. The van der Waals surface area contributed by atoms with Gasteiger partial charge in [-0.1, -0.05) is 11.6 Å². The third kappa shape index (κ3) is 3.42. The van der Waals surface area contributed by atoms with E-state index < -0.39 is 5.41 Å². The predicted molar refractivity (Wildman–Crippen MR) is 92.5 cm³/mol. The largest absolute Gasteiger partial charge is 0.495 e. The van der Waals surface area contributed by atoms with Crippen molar-refractivity contribution in [3.8, 4) is 5.75 Å². The number of methoxy groups -OCH3 is 1. The molecule has 0 spiro atoms. The van der Waals surface area contributed by atoms with E-state index >= 15 is 0 Å². The minimum Gasteiger partial charge on any atom is -0.495 e. The van der Waals surface area contributed by atoms with Gasteiger partial charge in [-0.15, -0.1) is 0 Å². The van der Waals surface area contributed by atoms with Gasteiger partial charge in [0.25, 0.3) is 0 Å². The van der Waals surface area contributed by atoms with Crippen molar-refractivity contribution < 1.29 is 19.1 Å². The first-order chi connectivity index (χ1) is 12.0. The molecule has 0 radical (unpaired) electrons. The molecule has 0 bridgehead atoms. The lowest BCUT2D eigenvalue weighted by Crippen LogP contribution is -2.52. The van der Waals surface area contributed by atoms with Crippen LogP contribution >= 0.6 is 11.6 Å². The molecule has 1 aliphatic heterocycles. The van der Waals surface area contributed by atoms with Crippen LogP contribution in [0.1, 0.15) is 12.8 Å². The highest BCUT2D eigenvalue weighted by Crippen LogP contribution is 2.48. The Morgan fingerprint density at radius 2 is 1.92 bits per heavy atom. The highest BCUT2D eigenvalue weighted by molar-refractivity contribution is 6.31. The molecule has 2 aliphatic rings. The molecule has 2 fully saturated rings. The van der Waals surface area contributed by atoms with Gasteiger partial charge in [0.05, 0.1) is 12.8 Å². The zero-order valence-electron chi connectivity index (χ0n) is 14.0. The summed E-state index contributed by atoms with van der Waals surface area (Å²) < 4.78 is 5.23. The lowest BCUT2D eigenvalue weighted by molar-refractivity contribution is -0.144. The smallest absolute Gasteiger partial charge is 0.240 e. The SMILES string of the molecule is COc1ccc(Cl)cc1NC(=O)C1(C(=O)N2CCN(C=O)CC2)CC1. The van der Waals surface area contributed by atoms with Crippen molar-refractivity contribution in [2.45, 2.75) is 12.8 Å². The van der Waals surface area contributed by atoms with Crippen LogP contribution in [0.25, 0.3) is 0 Å². The molecule has 134 valence electrons. The van der Waals surface area contributed by atoms with E-state index in [2.05, 4.69) is 5.32 Å². The Balaban J connectivity index is 1.70. The Hall–Kier alpha value is -2.28. The maximum Gasteiger partial charge on any atom is 0.240 e. The number of anilines is 1. The second kappa shape index (κ2) is 6.92. The number of carbonyl (C=O) groups excluding carboxylic acids is 3. The molecule has 1 saturated carbocycles. The number of hydrogen-bond donors (Lipinski definition) is 1. The number of ether oxygens (including phenoxy) is 1. The molecule has 1 saturated heterocycles. The zero-order chi connectivity index (χ0) is 18.0. The zero-order valence-corrected chi connectivity index (χ0v) is 14.7. The molecular weight excluding hydrogens is 346 g/mol. The van der Waals surface area contributed by atoms with Crippen LogP contribution in [0.15, 0.2) is 18.2 Å². The molecule has 7 nitrogen and oxygen atoms in total. The highest BCUT2D eigenvalue weighted by Gasteiger charge is 2.58. The molecule has 3 rings (SSSR count). The van der Waals surface area contributed by atoms with Gasteiger partial charge in [0, 0.05) is 31.2 Å². The molecule has 0 unspecified atom stereocenters. The summed E-state index contributed by atoms with van der Waals surface area (Å²) in [7, 11) is 1.50. The van der Waals surface area contributed by atoms with Crippen LogP contribution in [0.5, 0.6) is 5.75 Å². The molecule has 0 atom stereocenters. The molecule has 1 aromatic rings. The van der Waals surface area contributed by atoms with Gasteiger partial charge in [0.2, 0.25) is 18.2 Å². The van der Waals surface area contributed by atoms with E-state index in [0.29, 0.717) is 55.5 Å². The van der Waals surface area contributed by atoms with Crippen molar-refractivity contribution in [3.63, 3.8) is 0 Å². The van der Waals surface area contributed by atoms with Crippen LogP contribution in [-0.4, -0.2) is 61.3 Å². The molecule has 0 aromatic heterocycles. The van der Waals surface area contributed by atoms with Crippen LogP contribution in [0.3, 0.4) is 0 Å². The number of amides is 3. The Morgan fingerprint density at radius 1 is 1.24 bits per heavy atom. The minimum atomic E-state index is -1.02. The number of benzene rings is 1. The molecule has 25 heavy (non-hydrogen) atoms. The topological polar surface area (TPSA) is 79.0 Å². The van der Waals surface area contributed by atoms with Gasteiger partial charge in [-0.3, -0.25) is 14.4 Å². The summed E-state index contributed by atoms with van der Waals surface area (Å²) in [6.07, 6.45) is 1.83. The van der Waals surface area contributed by atoms with Crippen LogP contribution in [0.2, 0.25) is 5.02 Å². The predicted octanol–water partition coefficient (Wildman–Crippen LogP) is 1.37. The summed E-state index contributed by atoms with van der Waals surface area (Å²) in [5, 5.41) is 3.25. The van der Waals surface area contributed by atoms with Crippen LogP contribution in [0.4, 0.5) is 5.69 Å². The number of nitrogens with one attached hydrogen (secondary N) is 1. The van der Waals surface area contributed by atoms with Crippen molar-refractivity contribution >= 4 is 35.5 Å². The first kappa shape index (κ1) is 17.5. The quantitative estimate of drug-likeness (QED) is 0.631. The van der Waals surface area contributed by atoms with E-state index in [-0.39, 0.29) is 11.8 Å². The monoisotopic (exact) mass is 365 g/mol. The third-order valence-electron chi connectivity index (χ3n) is 4.75. The van der Waals surface area contributed by atoms with Gasteiger partial charge in [-0.05, 0) is 31.0 Å². The van der Waals surface area contributed by atoms with Crippen LogP contribution in [0, 0.1) is 5.41 Å². The van der Waals surface area contributed by atoms with E-state index in [1.807, 2.05) is 0 Å². The van der Waals surface area contributed by atoms with Crippen molar-refractivity contribution in [2.24, 2.45) is 5.41 Å². The first-order valence-electron chi connectivity index (χ1n) is 8.14. The number of halogens is 1. The summed E-state index contributed by atoms with van der Waals surface area (Å²) in [5.41, 5.74) is -0.568. The molecule has 1 aromatic carbocycles. The molecular formula is C17H20ClN3O4. The Kier molecular flexibility index (Phi) is 4.85. The van der Waals surface area contributed by atoms with E-state index in [0.717, 1.165) is 6.41 Å². The summed E-state index contributed by atoms with van der Waals surface area (Å²) in [5.74, 6) is -0.0203. The van der Waals surface area contributed by atoms with E-state index in [9.17, 15) is 14.4 Å². The number of rotatable bonds is 5. The van der Waals surface area contributed by atoms with E-state index in [4.69, 9.17) is 16.3 Å². The van der Waals surface area contributed by atoms with Crippen LogP contribution in [-0.2, 0) is 14.4 Å². The van der Waals surface area contributed by atoms with Gasteiger partial charge in [0.1, 0.15) is 11.2 Å². The second-order valence-corrected chi connectivity index (χ2v) is 6.75. The third-order valence-corrected chi connectivity index (χ3v) is 4.99. The number of hydrogen-bond acceptors (Lipinski definition) is 4. The van der Waals surface area contributed by atoms with Crippen molar-refractivity contribution in [3.05, 3.63) is 23.2 Å². The van der Waals surface area contributed by atoms with Crippen molar-refractivity contribution in [2.75, 3.05) is 38.6 Å². The number of carbonyl (C=O) groups is 3. The van der Waals surface area contributed by atoms with E-state index in [1.54, 1.807) is 28.0 Å². The molecule has 1 aliphatic carbocycles. The average molecular weight is 366 g/mol. The average Bonchev–Trinajstić information content (AvgIpc) is 3.43. The van der Waals surface area contributed by atoms with Gasteiger partial charge < -0.3 is 19.9 Å². The van der Waals surface area contributed by atoms with Crippen LogP contribution < -0.4 is 10.1 Å². The standard InChI is InChI=1S/C17H20ClN3O4/c1-25-14-3-2-12(18)10-13(14)19-15(23)17(4-5-17)16(24)21-8-6-20(11-22)7-9-21/h2-3,10-11H,4-9H2,1H3,(H,19,23). The van der Waals surface area contributed by atoms with Gasteiger partial charge >= 0.3 is 0 Å². The number of piperazine rings is 1. The van der Waals surface area contributed by atoms with E-state index in [1.165, 1.54) is 7.11 Å². The fourth-order valence-corrected chi connectivity index (χ4v) is 3.19. The lowest BCUT2D eigenvalue weighted by atomic mass is 10.0. The number of nitrogens with zero attached hydrogens (tertiary/aromatic N) is 2. The molecule has 1 N–H and O–H groups in total. The van der Waals surface area contributed by atoms with Crippen molar-refractivity contribution in [1.29, 1.82) is 0 Å².